The lowest BCUT2D eigenvalue weighted by molar-refractivity contribution is 0.0776. The molecule has 0 saturated heterocycles. The number of carbonyl (C=O) groups is 1. The van der Waals surface area contributed by atoms with Gasteiger partial charge in [-0.1, -0.05) is 0 Å². The predicted molar refractivity (Wildman–Crippen MR) is 94.4 cm³/mol. The number of nitrogens with zero attached hydrogens (tertiary/aromatic N) is 2. The van der Waals surface area contributed by atoms with Gasteiger partial charge in [0.2, 0.25) is 0 Å². The van der Waals surface area contributed by atoms with Crippen LogP contribution in [0.4, 0.5) is 0 Å². The Kier molecular flexibility index (Phi) is 5.46. The molecule has 134 valence electrons. The molecule has 0 spiro atoms. The first-order valence-electron chi connectivity index (χ1n) is 7.83. The summed E-state index contributed by atoms with van der Waals surface area (Å²) < 4.78 is 10.6. The Labute approximate surface area is 146 Å². The number of carbonyl (C=O) groups excluding carboxylic acids is 1. The first-order chi connectivity index (χ1) is 11.8. The van der Waals surface area contributed by atoms with Crippen molar-refractivity contribution in [3.05, 3.63) is 50.7 Å². The number of hydrogen-bond acceptors (Lipinski definition) is 5. The average Bonchev–Trinajstić information content (AvgIpc) is 2.58. The zero-order valence-corrected chi connectivity index (χ0v) is 15.4. The van der Waals surface area contributed by atoms with Crippen LogP contribution >= 0.6 is 0 Å². The van der Waals surface area contributed by atoms with Crippen LogP contribution in [0.15, 0.2) is 16.9 Å². The molecule has 1 aromatic heterocycles. The van der Waals surface area contributed by atoms with Gasteiger partial charge in [0.1, 0.15) is 0 Å². The van der Waals surface area contributed by atoms with E-state index in [1.165, 1.54) is 4.90 Å². The van der Waals surface area contributed by atoms with Gasteiger partial charge < -0.3 is 19.4 Å². The van der Waals surface area contributed by atoms with Gasteiger partial charge >= 0.3 is 0 Å². The minimum absolute atomic E-state index is 0.108. The fourth-order valence-electron chi connectivity index (χ4n) is 2.47. The molecule has 0 aliphatic heterocycles. The van der Waals surface area contributed by atoms with Gasteiger partial charge in [0.05, 0.1) is 19.9 Å². The topological polar surface area (TPSA) is 84.5 Å². The van der Waals surface area contributed by atoms with Crippen LogP contribution in [0.1, 0.15) is 33.0 Å². The van der Waals surface area contributed by atoms with Crippen molar-refractivity contribution in [2.75, 3.05) is 21.3 Å². The molecule has 7 nitrogen and oxygen atoms in total. The third-order valence-corrected chi connectivity index (χ3v) is 4.14. The van der Waals surface area contributed by atoms with Gasteiger partial charge in [-0.3, -0.25) is 9.59 Å². The molecule has 0 aliphatic carbocycles. The van der Waals surface area contributed by atoms with E-state index in [2.05, 4.69) is 9.97 Å². The Hall–Kier alpha value is -2.83. The van der Waals surface area contributed by atoms with E-state index in [1.54, 1.807) is 35.1 Å². The van der Waals surface area contributed by atoms with Crippen LogP contribution in [0.3, 0.4) is 0 Å². The monoisotopic (exact) mass is 345 g/mol. The van der Waals surface area contributed by atoms with E-state index in [0.717, 1.165) is 11.1 Å². The van der Waals surface area contributed by atoms with Gasteiger partial charge in [-0.25, -0.2) is 4.98 Å². The van der Waals surface area contributed by atoms with Crippen molar-refractivity contribution in [1.82, 2.24) is 14.9 Å². The van der Waals surface area contributed by atoms with Gasteiger partial charge in [0.15, 0.2) is 17.2 Å². The van der Waals surface area contributed by atoms with E-state index >= 15 is 0 Å². The number of H-pyrrole nitrogens is 1. The second kappa shape index (κ2) is 7.38. The number of aryl methyl sites for hydroxylation is 3. The highest BCUT2D eigenvalue weighted by Gasteiger charge is 2.20. The Morgan fingerprint density at radius 3 is 2.36 bits per heavy atom. The number of methoxy groups -OCH3 is 2. The van der Waals surface area contributed by atoms with E-state index < -0.39 is 11.5 Å². The van der Waals surface area contributed by atoms with Crippen LogP contribution in [-0.4, -0.2) is 42.0 Å². The van der Waals surface area contributed by atoms with Gasteiger partial charge in [-0.2, -0.15) is 0 Å². The average molecular weight is 345 g/mol. The summed E-state index contributed by atoms with van der Waals surface area (Å²) in [6.07, 6.45) is 0. The minimum Gasteiger partial charge on any atom is -0.493 e. The van der Waals surface area contributed by atoms with Crippen LogP contribution in [0.5, 0.6) is 11.5 Å². The summed E-state index contributed by atoms with van der Waals surface area (Å²) in [4.78, 5) is 32.9. The lowest BCUT2D eigenvalue weighted by atomic mass is 10.1. The Morgan fingerprint density at radius 2 is 1.76 bits per heavy atom. The SMILES string of the molecule is COc1cc(C)c(CN(C)C(=O)c2nc(C)c(C)[nH]c2=O)cc1OC. The van der Waals surface area contributed by atoms with Crippen LogP contribution < -0.4 is 15.0 Å². The summed E-state index contributed by atoms with van der Waals surface area (Å²) in [6.45, 7) is 5.74. The number of benzene rings is 1. The quantitative estimate of drug-likeness (QED) is 0.896. The first kappa shape index (κ1) is 18.5. The molecule has 1 heterocycles. The summed E-state index contributed by atoms with van der Waals surface area (Å²) in [5.41, 5.74) is 2.54. The normalized spacial score (nSPS) is 10.5. The molecule has 0 saturated carbocycles. The summed E-state index contributed by atoms with van der Waals surface area (Å²) in [7, 11) is 4.77. The highest BCUT2D eigenvalue weighted by molar-refractivity contribution is 5.91. The molecule has 25 heavy (non-hydrogen) atoms. The number of amides is 1. The molecular weight excluding hydrogens is 322 g/mol. The lowest BCUT2D eigenvalue weighted by Gasteiger charge is -2.19. The molecular formula is C18H23N3O4. The standard InChI is InChI=1S/C18H23N3O4/c1-10-7-14(24-5)15(25-6)8-13(10)9-21(4)18(23)16-17(22)20-12(3)11(2)19-16/h7-8H,9H2,1-6H3,(H,20,22). The minimum atomic E-state index is -0.482. The van der Waals surface area contributed by atoms with Crippen molar-refractivity contribution in [3.8, 4) is 11.5 Å². The number of rotatable bonds is 5. The van der Waals surface area contributed by atoms with E-state index in [4.69, 9.17) is 9.47 Å². The number of ether oxygens (including phenoxy) is 2. The second-order valence-electron chi connectivity index (χ2n) is 5.92. The third kappa shape index (κ3) is 3.81. The molecule has 0 unspecified atom stereocenters. The third-order valence-electron chi connectivity index (χ3n) is 4.14. The van der Waals surface area contributed by atoms with Gasteiger partial charge in [-0.15, -0.1) is 0 Å². The van der Waals surface area contributed by atoms with Crippen molar-refractivity contribution >= 4 is 5.91 Å². The maximum Gasteiger partial charge on any atom is 0.279 e. The molecule has 2 rings (SSSR count). The molecule has 7 heteroatoms. The number of aromatic nitrogens is 2. The second-order valence-corrected chi connectivity index (χ2v) is 5.92. The van der Waals surface area contributed by atoms with Crippen molar-refractivity contribution in [2.24, 2.45) is 0 Å². The molecule has 0 bridgehead atoms. The van der Waals surface area contributed by atoms with E-state index in [0.29, 0.717) is 29.4 Å². The Morgan fingerprint density at radius 1 is 1.16 bits per heavy atom. The highest BCUT2D eigenvalue weighted by atomic mass is 16.5. The fourth-order valence-corrected chi connectivity index (χ4v) is 2.47. The maximum atomic E-state index is 12.6. The van der Waals surface area contributed by atoms with Crippen molar-refractivity contribution in [1.29, 1.82) is 0 Å². The zero-order chi connectivity index (χ0) is 18.7. The van der Waals surface area contributed by atoms with Crippen LogP contribution in [0.25, 0.3) is 0 Å². The largest absolute Gasteiger partial charge is 0.493 e. The van der Waals surface area contributed by atoms with Crippen LogP contribution in [-0.2, 0) is 6.54 Å². The molecule has 2 aromatic rings. The summed E-state index contributed by atoms with van der Waals surface area (Å²) >= 11 is 0. The fraction of sp³-hybridized carbons (Fsp3) is 0.389. The molecule has 1 N–H and O–H groups in total. The molecule has 0 atom stereocenters. The maximum absolute atomic E-state index is 12.6. The van der Waals surface area contributed by atoms with E-state index in [1.807, 2.05) is 19.1 Å². The van der Waals surface area contributed by atoms with Crippen molar-refractivity contribution in [2.45, 2.75) is 27.3 Å². The summed E-state index contributed by atoms with van der Waals surface area (Å²) in [5, 5.41) is 0. The van der Waals surface area contributed by atoms with E-state index in [-0.39, 0.29) is 5.69 Å². The van der Waals surface area contributed by atoms with Gasteiger partial charge in [-0.05, 0) is 44.0 Å². The molecule has 0 aliphatic rings. The molecule has 0 fully saturated rings. The van der Waals surface area contributed by atoms with Crippen LogP contribution in [0.2, 0.25) is 0 Å². The molecule has 1 aromatic carbocycles. The smallest absolute Gasteiger partial charge is 0.279 e. The first-order valence-corrected chi connectivity index (χ1v) is 7.83. The van der Waals surface area contributed by atoms with Crippen molar-refractivity contribution < 1.29 is 14.3 Å². The zero-order valence-electron chi connectivity index (χ0n) is 15.4. The van der Waals surface area contributed by atoms with Crippen LogP contribution in [0, 0.1) is 20.8 Å². The molecule has 0 radical (unpaired) electrons. The van der Waals surface area contributed by atoms with E-state index in [9.17, 15) is 9.59 Å². The summed E-state index contributed by atoms with van der Waals surface area (Å²) in [5.74, 6) is 0.787. The van der Waals surface area contributed by atoms with Gasteiger partial charge in [0, 0.05) is 19.3 Å². The number of nitrogens with one attached hydrogen (secondary N) is 1. The van der Waals surface area contributed by atoms with Crippen molar-refractivity contribution in [3.63, 3.8) is 0 Å². The number of aromatic amines is 1. The van der Waals surface area contributed by atoms with Gasteiger partial charge in [0.25, 0.3) is 11.5 Å². The lowest BCUT2D eigenvalue weighted by Crippen LogP contribution is -2.33. The summed E-state index contributed by atoms with van der Waals surface area (Å²) in [6, 6.07) is 3.68. The molecule has 1 amide bonds. The number of hydrogen-bond donors (Lipinski definition) is 1. The Bertz CT molecular complexity index is 858. The highest BCUT2D eigenvalue weighted by Crippen LogP contribution is 2.30. The predicted octanol–water partition coefficient (Wildman–Crippen LogP) is 1.98. The Balaban J connectivity index is 2.31.